The first-order valence-electron chi connectivity index (χ1n) is 6.88. The molecule has 2 aromatic rings. The Morgan fingerprint density at radius 2 is 1.70 bits per heavy atom. The number of nitrogens with one attached hydrogen (secondary N) is 2. The number of hydrogen-bond donors (Lipinski definition) is 2. The second-order valence-electron chi connectivity index (χ2n) is 4.81. The molecule has 2 amide bonds. The van der Waals surface area contributed by atoms with E-state index in [-0.39, 0.29) is 6.61 Å². The normalized spacial score (nSPS) is 15.6. The largest absolute Gasteiger partial charge is 0.485 e. The zero-order valence-electron chi connectivity index (χ0n) is 11.9. The summed E-state index contributed by atoms with van der Waals surface area (Å²) in [6.45, 7) is 0.0804. The number of fused-ring (bicyclic) bond motifs is 1. The molecule has 0 bridgehead atoms. The van der Waals surface area contributed by atoms with Crippen molar-refractivity contribution in [2.75, 3.05) is 6.61 Å². The highest BCUT2D eigenvalue weighted by atomic mass is 79.9. The van der Waals surface area contributed by atoms with Crippen LogP contribution in [0.25, 0.3) is 0 Å². The second-order valence-corrected chi connectivity index (χ2v) is 5.73. The van der Waals surface area contributed by atoms with Crippen LogP contribution in [-0.2, 0) is 4.79 Å². The van der Waals surface area contributed by atoms with Crippen LogP contribution in [-0.4, -0.2) is 24.5 Å². The van der Waals surface area contributed by atoms with Crippen LogP contribution < -0.4 is 20.3 Å². The van der Waals surface area contributed by atoms with E-state index in [9.17, 15) is 9.59 Å². The maximum absolute atomic E-state index is 12.1. The topological polar surface area (TPSA) is 76.7 Å². The number of amides is 2. The number of benzene rings is 2. The van der Waals surface area contributed by atoms with Crippen molar-refractivity contribution in [1.29, 1.82) is 0 Å². The van der Waals surface area contributed by atoms with Crippen LogP contribution in [0.15, 0.2) is 53.0 Å². The lowest BCUT2D eigenvalue weighted by Gasteiger charge is -2.25. The zero-order chi connectivity index (χ0) is 16.2. The smallest absolute Gasteiger partial charge is 0.283 e. The maximum Gasteiger partial charge on any atom is 0.283 e. The summed E-state index contributed by atoms with van der Waals surface area (Å²) in [4.78, 5) is 24.0. The Morgan fingerprint density at radius 1 is 1.00 bits per heavy atom. The predicted molar refractivity (Wildman–Crippen MR) is 86.1 cm³/mol. The highest BCUT2D eigenvalue weighted by molar-refractivity contribution is 9.10. The van der Waals surface area contributed by atoms with Gasteiger partial charge in [0.2, 0.25) is 6.10 Å². The molecule has 23 heavy (non-hydrogen) atoms. The van der Waals surface area contributed by atoms with Gasteiger partial charge in [-0.05, 0) is 36.4 Å². The molecule has 0 radical (unpaired) electrons. The zero-order valence-corrected chi connectivity index (χ0v) is 13.5. The Labute approximate surface area is 140 Å². The van der Waals surface area contributed by atoms with Gasteiger partial charge in [0, 0.05) is 10.0 Å². The number of ether oxygens (including phenoxy) is 2. The van der Waals surface area contributed by atoms with Crippen molar-refractivity contribution in [2.24, 2.45) is 0 Å². The molecule has 0 saturated heterocycles. The van der Waals surface area contributed by atoms with Gasteiger partial charge in [-0.1, -0.05) is 28.1 Å². The fourth-order valence-corrected chi connectivity index (χ4v) is 2.29. The molecular weight excluding hydrogens is 364 g/mol. The van der Waals surface area contributed by atoms with Gasteiger partial charge < -0.3 is 9.47 Å². The Morgan fingerprint density at radius 3 is 2.43 bits per heavy atom. The van der Waals surface area contributed by atoms with E-state index in [1.54, 1.807) is 42.5 Å². The van der Waals surface area contributed by atoms with Crippen molar-refractivity contribution in [1.82, 2.24) is 10.9 Å². The SMILES string of the molecule is O=C(NNC(=O)[C@H]1COc2ccccc2O1)c1ccc(Br)cc1. The molecule has 1 heterocycles. The molecule has 0 unspecified atom stereocenters. The average Bonchev–Trinajstić information content (AvgIpc) is 2.59. The Bertz CT molecular complexity index is 733. The van der Waals surface area contributed by atoms with Gasteiger partial charge in [0.1, 0.15) is 6.61 Å². The molecule has 0 spiro atoms. The number of carbonyl (C=O) groups excluding carboxylic acids is 2. The minimum absolute atomic E-state index is 0.0804. The van der Waals surface area contributed by atoms with Crippen molar-refractivity contribution in [3.63, 3.8) is 0 Å². The van der Waals surface area contributed by atoms with Crippen LogP contribution in [0.1, 0.15) is 10.4 Å². The summed E-state index contributed by atoms with van der Waals surface area (Å²) in [6.07, 6.45) is -0.824. The second kappa shape index (κ2) is 6.70. The fourth-order valence-electron chi connectivity index (χ4n) is 2.02. The molecule has 118 valence electrons. The van der Waals surface area contributed by atoms with E-state index in [0.29, 0.717) is 17.1 Å². The third-order valence-corrected chi connectivity index (χ3v) is 3.74. The van der Waals surface area contributed by atoms with Gasteiger partial charge in [-0.25, -0.2) is 0 Å². The fraction of sp³-hybridized carbons (Fsp3) is 0.125. The van der Waals surface area contributed by atoms with Crippen LogP contribution in [0.5, 0.6) is 11.5 Å². The third-order valence-electron chi connectivity index (χ3n) is 3.21. The lowest BCUT2D eigenvalue weighted by atomic mass is 10.2. The molecule has 0 aromatic heterocycles. The van der Waals surface area contributed by atoms with Gasteiger partial charge in [-0.3, -0.25) is 20.4 Å². The third kappa shape index (κ3) is 3.62. The van der Waals surface area contributed by atoms with Crippen LogP contribution in [0, 0.1) is 0 Å². The number of carbonyl (C=O) groups is 2. The van der Waals surface area contributed by atoms with E-state index in [2.05, 4.69) is 26.8 Å². The standard InChI is InChI=1S/C16H13BrN2O4/c17-11-7-5-10(6-8-11)15(20)18-19-16(21)14-9-22-12-3-1-2-4-13(12)23-14/h1-8,14H,9H2,(H,18,20)(H,19,21)/t14-/m1/s1. The predicted octanol–water partition coefficient (Wildman–Crippen LogP) is 2.05. The highest BCUT2D eigenvalue weighted by Crippen LogP contribution is 2.30. The maximum atomic E-state index is 12.1. The molecule has 3 rings (SSSR count). The number of hydrogen-bond acceptors (Lipinski definition) is 4. The van der Waals surface area contributed by atoms with Gasteiger partial charge in [0.15, 0.2) is 11.5 Å². The summed E-state index contributed by atoms with van der Waals surface area (Å²) in [5.74, 6) is 0.196. The van der Waals surface area contributed by atoms with Crippen molar-refractivity contribution >= 4 is 27.7 Å². The molecule has 6 nitrogen and oxygen atoms in total. The molecule has 2 aromatic carbocycles. The van der Waals surface area contributed by atoms with Gasteiger partial charge in [0.05, 0.1) is 0 Å². The number of rotatable bonds is 2. The van der Waals surface area contributed by atoms with E-state index in [0.717, 1.165) is 4.47 Å². The van der Waals surface area contributed by atoms with Gasteiger partial charge in [-0.2, -0.15) is 0 Å². The minimum atomic E-state index is -0.824. The van der Waals surface area contributed by atoms with Crippen molar-refractivity contribution in [2.45, 2.75) is 6.10 Å². The lowest BCUT2D eigenvalue weighted by Crippen LogP contribution is -2.50. The molecule has 1 aliphatic heterocycles. The van der Waals surface area contributed by atoms with Gasteiger partial charge in [-0.15, -0.1) is 0 Å². The van der Waals surface area contributed by atoms with E-state index >= 15 is 0 Å². The first-order chi connectivity index (χ1) is 11.1. The van der Waals surface area contributed by atoms with Crippen LogP contribution >= 0.6 is 15.9 Å². The Kier molecular flexibility index (Phi) is 4.47. The van der Waals surface area contributed by atoms with E-state index in [4.69, 9.17) is 9.47 Å². The first-order valence-corrected chi connectivity index (χ1v) is 7.67. The Balaban J connectivity index is 1.56. The van der Waals surface area contributed by atoms with Gasteiger partial charge in [0.25, 0.3) is 11.8 Å². The van der Waals surface area contributed by atoms with Crippen LogP contribution in [0.3, 0.4) is 0 Å². The van der Waals surface area contributed by atoms with E-state index < -0.39 is 17.9 Å². The average molecular weight is 377 g/mol. The summed E-state index contributed by atoms with van der Waals surface area (Å²) < 4.78 is 11.9. The number of halogens is 1. The number of para-hydroxylation sites is 2. The molecule has 1 atom stereocenters. The monoisotopic (exact) mass is 376 g/mol. The molecular formula is C16H13BrN2O4. The molecule has 0 aliphatic carbocycles. The minimum Gasteiger partial charge on any atom is -0.485 e. The van der Waals surface area contributed by atoms with Crippen molar-refractivity contribution in [3.8, 4) is 11.5 Å². The quantitative estimate of drug-likeness (QED) is 0.786. The summed E-state index contributed by atoms with van der Waals surface area (Å²) in [5, 5.41) is 0. The molecule has 0 fully saturated rings. The van der Waals surface area contributed by atoms with E-state index in [1.807, 2.05) is 6.07 Å². The van der Waals surface area contributed by atoms with Gasteiger partial charge >= 0.3 is 0 Å². The molecule has 0 saturated carbocycles. The van der Waals surface area contributed by atoms with Crippen LogP contribution in [0.4, 0.5) is 0 Å². The van der Waals surface area contributed by atoms with Crippen molar-refractivity contribution < 1.29 is 19.1 Å². The summed E-state index contributed by atoms with van der Waals surface area (Å²) >= 11 is 3.29. The Hall–Kier alpha value is -2.54. The molecule has 2 N–H and O–H groups in total. The highest BCUT2D eigenvalue weighted by Gasteiger charge is 2.27. The summed E-state index contributed by atoms with van der Waals surface area (Å²) in [5.41, 5.74) is 5.12. The van der Waals surface area contributed by atoms with E-state index in [1.165, 1.54) is 0 Å². The van der Waals surface area contributed by atoms with Crippen molar-refractivity contribution in [3.05, 3.63) is 58.6 Å². The summed E-state index contributed by atoms with van der Waals surface area (Å²) in [7, 11) is 0. The molecule has 7 heteroatoms. The molecule has 1 aliphatic rings. The lowest BCUT2D eigenvalue weighted by molar-refractivity contribution is -0.131. The first kappa shape index (κ1) is 15.4. The number of hydrazine groups is 1. The van der Waals surface area contributed by atoms with Crippen LogP contribution in [0.2, 0.25) is 0 Å². The summed E-state index contributed by atoms with van der Waals surface area (Å²) in [6, 6.07) is 13.9.